The van der Waals surface area contributed by atoms with E-state index in [1.54, 1.807) is 0 Å². The van der Waals surface area contributed by atoms with E-state index in [9.17, 15) is 0 Å². The van der Waals surface area contributed by atoms with Gasteiger partial charge in [0.25, 0.3) is 0 Å². The molecule has 21 heavy (non-hydrogen) atoms. The van der Waals surface area contributed by atoms with Crippen molar-refractivity contribution in [2.75, 3.05) is 36.9 Å². The second kappa shape index (κ2) is 10.1. The molecule has 1 heterocycles. The molecule has 7 nitrogen and oxygen atoms in total. The summed E-state index contributed by atoms with van der Waals surface area (Å²) in [5.74, 6) is 1.37. The largest absolute Gasteiger partial charge is 0.463 e. The van der Waals surface area contributed by atoms with E-state index in [1.165, 1.54) is 0 Å². The third-order valence-corrected chi connectivity index (χ3v) is 2.81. The van der Waals surface area contributed by atoms with Crippen LogP contribution in [0.25, 0.3) is 0 Å². The van der Waals surface area contributed by atoms with Gasteiger partial charge >= 0.3 is 6.01 Å². The third-order valence-electron chi connectivity index (χ3n) is 2.81. The van der Waals surface area contributed by atoms with E-state index in [0.717, 1.165) is 25.8 Å². The molecule has 1 atom stereocenters. The zero-order valence-corrected chi connectivity index (χ0v) is 13.2. The molecule has 0 aliphatic carbocycles. The van der Waals surface area contributed by atoms with Gasteiger partial charge in [-0.05, 0) is 25.2 Å². The Kier molecular flexibility index (Phi) is 8.42. The second-order valence-electron chi connectivity index (χ2n) is 5.04. The van der Waals surface area contributed by atoms with E-state index in [0.29, 0.717) is 37.0 Å². The first kappa shape index (κ1) is 17.4. The van der Waals surface area contributed by atoms with Crippen LogP contribution in [0.3, 0.4) is 0 Å². The van der Waals surface area contributed by atoms with Crippen LogP contribution in [0.4, 0.5) is 11.9 Å². The first-order chi connectivity index (χ1) is 10.2. The number of rotatable bonds is 11. The fourth-order valence-electron chi connectivity index (χ4n) is 1.60. The summed E-state index contributed by atoms with van der Waals surface area (Å²) in [5, 5.41) is 15.2. The van der Waals surface area contributed by atoms with Crippen LogP contribution in [0, 0.1) is 5.92 Å². The molecule has 120 valence electrons. The highest BCUT2D eigenvalue weighted by atomic mass is 16.5. The summed E-state index contributed by atoms with van der Waals surface area (Å²) in [6.07, 6.45) is 2.64. The zero-order valence-electron chi connectivity index (χ0n) is 13.2. The Hall–Kier alpha value is -1.63. The first-order valence-electron chi connectivity index (χ1n) is 7.67. The minimum atomic E-state index is 0.189. The number of aliphatic hydroxyl groups excluding tert-OH is 1. The normalized spacial score (nSPS) is 12.0. The molecule has 1 aromatic rings. The molecule has 0 aliphatic rings. The molecule has 1 aromatic heterocycles. The van der Waals surface area contributed by atoms with E-state index in [2.05, 4.69) is 39.4 Å². The van der Waals surface area contributed by atoms with Gasteiger partial charge in [0.1, 0.15) is 0 Å². The molecule has 0 bridgehead atoms. The lowest BCUT2D eigenvalue weighted by atomic mass is 10.1. The molecule has 0 spiro atoms. The van der Waals surface area contributed by atoms with Crippen LogP contribution in [0.15, 0.2) is 0 Å². The topological polar surface area (TPSA) is 92.2 Å². The van der Waals surface area contributed by atoms with Crippen LogP contribution in [0.1, 0.15) is 40.0 Å². The Bertz CT molecular complexity index is 377. The van der Waals surface area contributed by atoms with Gasteiger partial charge in [0.2, 0.25) is 11.9 Å². The summed E-state index contributed by atoms with van der Waals surface area (Å²) in [6, 6.07) is 0.336. The van der Waals surface area contributed by atoms with Crippen LogP contribution < -0.4 is 15.4 Å². The van der Waals surface area contributed by atoms with Crippen LogP contribution in [-0.2, 0) is 0 Å². The molecule has 3 N–H and O–H groups in total. The van der Waals surface area contributed by atoms with Gasteiger partial charge in [0.05, 0.1) is 6.61 Å². The van der Waals surface area contributed by atoms with E-state index in [1.807, 2.05) is 6.92 Å². The van der Waals surface area contributed by atoms with Gasteiger partial charge in [0, 0.05) is 19.7 Å². The van der Waals surface area contributed by atoms with Gasteiger partial charge in [-0.15, -0.1) is 0 Å². The first-order valence-corrected chi connectivity index (χ1v) is 7.67. The van der Waals surface area contributed by atoms with Gasteiger partial charge in [0.15, 0.2) is 0 Å². The minimum Gasteiger partial charge on any atom is -0.463 e. The molecule has 1 unspecified atom stereocenters. The Morgan fingerprint density at radius 3 is 2.43 bits per heavy atom. The van der Waals surface area contributed by atoms with Crippen molar-refractivity contribution < 1.29 is 9.84 Å². The Balaban J connectivity index is 2.70. The second-order valence-corrected chi connectivity index (χ2v) is 5.04. The number of hydrogen-bond acceptors (Lipinski definition) is 7. The predicted octanol–water partition coefficient (Wildman–Crippen LogP) is 1.91. The SMILES string of the molecule is CCCNc1nc(NCC(C)CCO)nc(OCCC)n1. The molecule has 0 saturated carbocycles. The molecule has 0 saturated heterocycles. The summed E-state index contributed by atoms with van der Waals surface area (Å²) < 4.78 is 5.49. The standard InChI is InChI=1S/C14H27N5O2/c1-4-7-15-12-17-13(16-10-11(3)6-8-20)19-14(18-12)21-9-5-2/h11,20H,4-10H2,1-3H3,(H2,15,16,17,18,19). The smallest absolute Gasteiger partial charge is 0.323 e. The zero-order chi connectivity index (χ0) is 15.5. The van der Waals surface area contributed by atoms with Gasteiger partial charge < -0.3 is 20.5 Å². The number of aromatic nitrogens is 3. The van der Waals surface area contributed by atoms with Crippen molar-refractivity contribution in [2.24, 2.45) is 5.92 Å². The molecule has 0 aromatic carbocycles. The molecule has 1 rings (SSSR count). The molecular formula is C14H27N5O2. The fourth-order valence-corrected chi connectivity index (χ4v) is 1.60. The summed E-state index contributed by atoms with van der Waals surface area (Å²) >= 11 is 0. The lowest BCUT2D eigenvalue weighted by Crippen LogP contribution is -2.16. The molecule has 0 amide bonds. The van der Waals surface area contributed by atoms with E-state index in [4.69, 9.17) is 9.84 Å². The Labute approximate surface area is 126 Å². The molecule has 7 heteroatoms. The summed E-state index contributed by atoms with van der Waals surface area (Å²) in [5.41, 5.74) is 0. The van der Waals surface area contributed by atoms with Gasteiger partial charge in [-0.3, -0.25) is 0 Å². The van der Waals surface area contributed by atoms with Crippen molar-refractivity contribution in [1.29, 1.82) is 0 Å². The average Bonchev–Trinajstić information content (AvgIpc) is 2.49. The number of nitrogens with zero attached hydrogens (tertiary/aromatic N) is 3. The molecule has 0 radical (unpaired) electrons. The highest BCUT2D eigenvalue weighted by Crippen LogP contribution is 2.12. The lowest BCUT2D eigenvalue weighted by molar-refractivity contribution is 0.265. The van der Waals surface area contributed by atoms with Gasteiger partial charge in [-0.25, -0.2) is 0 Å². The fraction of sp³-hybridized carbons (Fsp3) is 0.786. The van der Waals surface area contributed by atoms with Crippen molar-refractivity contribution >= 4 is 11.9 Å². The summed E-state index contributed by atoms with van der Waals surface area (Å²) in [7, 11) is 0. The maximum Gasteiger partial charge on any atom is 0.323 e. The number of ether oxygens (including phenoxy) is 1. The number of nitrogens with one attached hydrogen (secondary N) is 2. The van der Waals surface area contributed by atoms with Crippen molar-refractivity contribution in [3.8, 4) is 6.01 Å². The molecule has 0 fully saturated rings. The van der Waals surface area contributed by atoms with Gasteiger partial charge in [-0.1, -0.05) is 20.8 Å². The monoisotopic (exact) mass is 297 g/mol. The maximum absolute atomic E-state index is 8.92. The Morgan fingerprint density at radius 2 is 1.81 bits per heavy atom. The van der Waals surface area contributed by atoms with E-state index >= 15 is 0 Å². The highest BCUT2D eigenvalue weighted by Gasteiger charge is 2.08. The van der Waals surface area contributed by atoms with Crippen LogP contribution in [0.5, 0.6) is 6.01 Å². The van der Waals surface area contributed by atoms with E-state index in [-0.39, 0.29) is 6.61 Å². The summed E-state index contributed by atoms with van der Waals surface area (Å²) in [4.78, 5) is 12.8. The average molecular weight is 297 g/mol. The lowest BCUT2D eigenvalue weighted by Gasteiger charge is -2.13. The van der Waals surface area contributed by atoms with Crippen LogP contribution in [-0.4, -0.2) is 46.4 Å². The number of aliphatic hydroxyl groups is 1. The maximum atomic E-state index is 8.92. The highest BCUT2D eigenvalue weighted by molar-refractivity contribution is 5.35. The predicted molar refractivity (Wildman–Crippen MR) is 83.8 cm³/mol. The third kappa shape index (κ3) is 7.08. The van der Waals surface area contributed by atoms with E-state index < -0.39 is 0 Å². The minimum absolute atomic E-state index is 0.189. The van der Waals surface area contributed by atoms with Crippen molar-refractivity contribution in [2.45, 2.75) is 40.0 Å². The van der Waals surface area contributed by atoms with Crippen LogP contribution in [0.2, 0.25) is 0 Å². The molecular weight excluding hydrogens is 270 g/mol. The quantitative estimate of drug-likeness (QED) is 0.574. The number of hydrogen-bond donors (Lipinski definition) is 3. The van der Waals surface area contributed by atoms with Crippen molar-refractivity contribution in [3.63, 3.8) is 0 Å². The van der Waals surface area contributed by atoms with Crippen molar-refractivity contribution in [1.82, 2.24) is 15.0 Å². The molecule has 0 aliphatic heterocycles. The Morgan fingerprint density at radius 1 is 1.10 bits per heavy atom. The summed E-state index contributed by atoms with van der Waals surface area (Å²) in [6.45, 7) is 8.45. The number of anilines is 2. The van der Waals surface area contributed by atoms with Crippen LogP contribution >= 0.6 is 0 Å². The van der Waals surface area contributed by atoms with Gasteiger partial charge in [-0.2, -0.15) is 15.0 Å². The van der Waals surface area contributed by atoms with Crippen molar-refractivity contribution in [3.05, 3.63) is 0 Å².